The summed E-state index contributed by atoms with van der Waals surface area (Å²) >= 11 is 0. The highest BCUT2D eigenvalue weighted by molar-refractivity contribution is 7.93. The van der Waals surface area contributed by atoms with E-state index < -0.39 is 9.84 Å². The van der Waals surface area contributed by atoms with Crippen LogP contribution in [0.2, 0.25) is 0 Å². The number of nitrogens with zero attached hydrogens (tertiary/aromatic N) is 1. The minimum Gasteiger partial charge on any atom is -0.339 e. The van der Waals surface area contributed by atoms with Crippen molar-refractivity contribution in [3.63, 3.8) is 0 Å². The first-order chi connectivity index (χ1) is 8.25. The highest BCUT2D eigenvalue weighted by Gasteiger charge is 2.43. The fourth-order valence-corrected chi connectivity index (χ4v) is 4.47. The maximum Gasteiger partial charge on any atom is 0.238 e. The van der Waals surface area contributed by atoms with Crippen LogP contribution in [0, 0.1) is 5.41 Å². The van der Waals surface area contributed by atoms with Crippen LogP contribution >= 0.6 is 0 Å². The number of sulfone groups is 1. The Hall–Kier alpha value is -0.580. The van der Waals surface area contributed by atoms with E-state index in [1.54, 1.807) is 4.90 Å². The van der Waals surface area contributed by atoms with E-state index in [1.807, 2.05) is 6.92 Å². The van der Waals surface area contributed by atoms with Crippen LogP contribution < -0.4 is 0 Å². The number of carbonyl (C=O) groups excluding carboxylic acids is 1. The first-order valence-corrected chi connectivity index (χ1v) is 8.48. The standard InChI is InChI=1S/C13H23NO3S/c1-4-14(10-7-13(2,3)8-10)12(15)9-18(16,17)11-5-6-11/h10-11H,4-9H2,1-3H3. The maximum absolute atomic E-state index is 12.1. The third-order valence-electron chi connectivity index (χ3n) is 4.04. The molecule has 4 nitrogen and oxygen atoms in total. The van der Waals surface area contributed by atoms with Gasteiger partial charge in [0.2, 0.25) is 5.91 Å². The second-order valence-corrected chi connectivity index (χ2v) is 8.69. The smallest absolute Gasteiger partial charge is 0.238 e. The van der Waals surface area contributed by atoms with Gasteiger partial charge in [-0.15, -0.1) is 0 Å². The second kappa shape index (κ2) is 4.51. The van der Waals surface area contributed by atoms with Gasteiger partial charge >= 0.3 is 0 Å². The van der Waals surface area contributed by atoms with E-state index in [9.17, 15) is 13.2 Å². The largest absolute Gasteiger partial charge is 0.339 e. The summed E-state index contributed by atoms with van der Waals surface area (Å²) in [5, 5.41) is -0.238. The van der Waals surface area contributed by atoms with Crippen LogP contribution in [0.3, 0.4) is 0 Å². The molecular formula is C13H23NO3S. The van der Waals surface area contributed by atoms with Gasteiger partial charge in [-0.2, -0.15) is 0 Å². The molecule has 104 valence electrons. The van der Waals surface area contributed by atoms with Crippen molar-refractivity contribution in [1.29, 1.82) is 0 Å². The summed E-state index contributed by atoms with van der Waals surface area (Å²) in [7, 11) is -3.18. The van der Waals surface area contributed by atoms with E-state index in [0.29, 0.717) is 12.0 Å². The van der Waals surface area contributed by atoms with Gasteiger partial charge in [0.1, 0.15) is 5.75 Å². The Bertz CT molecular complexity index is 429. The van der Waals surface area contributed by atoms with E-state index in [1.165, 1.54) is 0 Å². The molecule has 0 unspecified atom stereocenters. The highest BCUT2D eigenvalue weighted by Crippen LogP contribution is 2.42. The molecule has 0 radical (unpaired) electrons. The average molecular weight is 273 g/mol. The fraction of sp³-hybridized carbons (Fsp3) is 0.923. The Morgan fingerprint density at radius 2 is 1.83 bits per heavy atom. The molecule has 2 rings (SSSR count). The predicted molar refractivity (Wildman–Crippen MR) is 71.0 cm³/mol. The molecule has 2 fully saturated rings. The monoisotopic (exact) mass is 273 g/mol. The summed E-state index contributed by atoms with van der Waals surface area (Å²) in [6, 6.07) is 0.243. The number of hydrogen-bond acceptors (Lipinski definition) is 3. The molecule has 0 heterocycles. The molecular weight excluding hydrogens is 250 g/mol. The lowest BCUT2D eigenvalue weighted by Gasteiger charge is -2.48. The Balaban J connectivity index is 1.94. The molecule has 0 aromatic carbocycles. The predicted octanol–water partition coefficient (Wildman–Crippen LogP) is 1.60. The molecule has 2 aliphatic rings. The summed E-state index contributed by atoms with van der Waals surface area (Å²) in [4.78, 5) is 13.9. The summed E-state index contributed by atoms with van der Waals surface area (Å²) < 4.78 is 23.7. The topological polar surface area (TPSA) is 54.5 Å². The molecule has 5 heteroatoms. The van der Waals surface area contributed by atoms with Gasteiger partial charge in [-0.05, 0) is 38.0 Å². The molecule has 2 aliphatic carbocycles. The van der Waals surface area contributed by atoms with E-state index >= 15 is 0 Å². The van der Waals surface area contributed by atoms with Gasteiger partial charge in [0.05, 0.1) is 5.25 Å². The summed E-state index contributed by atoms with van der Waals surface area (Å²) in [5.74, 6) is -0.493. The highest BCUT2D eigenvalue weighted by atomic mass is 32.2. The Morgan fingerprint density at radius 3 is 2.22 bits per heavy atom. The number of rotatable bonds is 5. The minimum absolute atomic E-state index is 0.204. The SMILES string of the molecule is CCN(C(=O)CS(=O)(=O)C1CC1)C1CC(C)(C)C1. The van der Waals surface area contributed by atoms with Crippen LogP contribution in [0.1, 0.15) is 46.5 Å². The second-order valence-electron chi connectivity index (χ2n) is 6.41. The zero-order valence-electron chi connectivity index (χ0n) is 11.5. The summed E-state index contributed by atoms with van der Waals surface area (Å²) in [6.07, 6.45) is 3.43. The van der Waals surface area contributed by atoms with Gasteiger partial charge in [0.15, 0.2) is 9.84 Å². The fourth-order valence-electron chi connectivity index (χ4n) is 2.87. The van der Waals surface area contributed by atoms with Crippen molar-refractivity contribution in [3.05, 3.63) is 0 Å². The number of amides is 1. The average Bonchev–Trinajstić information content (AvgIpc) is 2.97. The van der Waals surface area contributed by atoms with Gasteiger partial charge in [0.25, 0.3) is 0 Å². The summed E-state index contributed by atoms with van der Waals surface area (Å²) in [6.45, 7) is 6.90. The third-order valence-corrected chi connectivity index (χ3v) is 6.17. The van der Waals surface area contributed by atoms with Gasteiger partial charge < -0.3 is 4.90 Å². The lowest BCUT2D eigenvalue weighted by atomic mass is 9.68. The molecule has 0 spiro atoms. The van der Waals surface area contributed by atoms with Crippen LogP contribution in [0.15, 0.2) is 0 Å². The quantitative estimate of drug-likeness (QED) is 0.764. The van der Waals surface area contributed by atoms with Crippen LogP contribution in [0.5, 0.6) is 0 Å². The molecule has 2 saturated carbocycles. The first-order valence-electron chi connectivity index (χ1n) is 6.76. The van der Waals surface area contributed by atoms with Crippen LogP contribution in [-0.2, 0) is 14.6 Å². The van der Waals surface area contributed by atoms with Crippen molar-refractivity contribution >= 4 is 15.7 Å². The van der Waals surface area contributed by atoms with Gasteiger partial charge in [-0.3, -0.25) is 4.79 Å². The van der Waals surface area contributed by atoms with Crippen molar-refractivity contribution < 1.29 is 13.2 Å². The maximum atomic E-state index is 12.1. The van der Waals surface area contributed by atoms with Gasteiger partial charge in [0, 0.05) is 12.6 Å². The molecule has 0 atom stereocenters. The van der Waals surface area contributed by atoms with Crippen molar-refractivity contribution in [1.82, 2.24) is 4.90 Å². The molecule has 0 aliphatic heterocycles. The molecule has 0 bridgehead atoms. The Labute approximate surface area is 110 Å². The van der Waals surface area contributed by atoms with Gasteiger partial charge in [-0.1, -0.05) is 13.8 Å². The normalized spacial score (nSPS) is 23.5. The molecule has 0 aromatic heterocycles. The Kier molecular flexibility index (Phi) is 3.47. The van der Waals surface area contributed by atoms with Crippen LogP contribution in [0.25, 0.3) is 0 Å². The van der Waals surface area contributed by atoms with Crippen LogP contribution in [-0.4, -0.2) is 42.8 Å². The van der Waals surface area contributed by atoms with Crippen LogP contribution in [0.4, 0.5) is 0 Å². The molecule has 18 heavy (non-hydrogen) atoms. The van der Waals surface area contributed by atoms with E-state index in [-0.39, 0.29) is 23.0 Å². The molecule has 0 N–H and O–H groups in total. The zero-order valence-corrected chi connectivity index (χ0v) is 12.3. The van der Waals surface area contributed by atoms with Crippen molar-refractivity contribution in [2.24, 2.45) is 5.41 Å². The van der Waals surface area contributed by atoms with Crippen molar-refractivity contribution in [2.75, 3.05) is 12.3 Å². The lowest BCUT2D eigenvalue weighted by molar-refractivity contribution is -0.134. The first kappa shape index (κ1) is 13.8. The summed E-state index contributed by atoms with van der Waals surface area (Å²) in [5.41, 5.74) is 0.299. The minimum atomic E-state index is -3.18. The van der Waals surface area contributed by atoms with E-state index in [4.69, 9.17) is 0 Å². The molecule has 0 saturated heterocycles. The lowest BCUT2D eigenvalue weighted by Crippen LogP contribution is -2.52. The zero-order chi connectivity index (χ0) is 13.6. The molecule has 0 aromatic rings. The van der Waals surface area contributed by atoms with Gasteiger partial charge in [-0.25, -0.2) is 8.42 Å². The third kappa shape index (κ3) is 2.87. The molecule has 1 amide bonds. The Morgan fingerprint density at radius 1 is 1.28 bits per heavy atom. The van der Waals surface area contributed by atoms with Crippen molar-refractivity contribution in [3.8, 4) is 0 Å². The van der Waals surface area contributed by atoms with Crippen molar-refractivity contribution in [2.45, 2.75) is 57.7 Å². The van der Waals surface area contributed by atoms with E-state index in [2.05, 4.69) is 13.8 Å². The van der Waals surface area contributed by atoms with E-state index in [0.717, 1.165) is 25.7 Å². The number of hydrogen-bond donors (Lipinski definition) is 0. The number of carbonyl (C=O) groups is 1.